The van der Waals surface area contributed by atoms with Gasteiger partial charge in [-0.15, -0.1) is 0 Å². The molecular formula is C23H28N2O5. The molecule has 7 heteroatoms. The number of ether oxygens (including phenoxy) is 4. The van der Waals surface area contributed by atoms with Gasteiger partial charge in [0.15, 0.2) is 11.5 Å². The molecule has 30 heavy (non-hydrogen) atoms. The van der Waals surface area contributed by atoms with Gasteiger partial charge < -0.3 is 24.1 Å². The summed E-state index contributed by atoms with van der Waals surface area (Å²) < 4.78 is 22.2. The molecule has 1 aromatic heterocycles. The topological polar surface area (TPSA) is 82.4 Å². The van der Waals surface area contributed by atoms with Gasteiger partial charge >= 0.3 is 0 Å². The van der Waals surface area contributed by atoms with Crippen LogP contribution in [-0.2, 0) is 0 Å². The minimum Gasteiger partial charge on any atom is -0.493 e. The van der Waals surface area contributed by atoms with Crippen LogP contribution < -0.4 is 18.9 Å². The lowest BCUT2D eigenvalue weighted by Crippen LogP contribution is -2.34. The monoisotopic (exact) mass is 412 g/mol. The van der Waals surface area contributed by atoms with Gasteiger partial charge in [0.1, 0.15) is 0 Å². The summed E-state index contributed by atoms with van der Waals surface area (Å²) in [5.74, 6) is 2.43. The SMILES string of the molecule is CCOc1cc2c(cc1OC)C(c1ccc(OC)nc1OC)=NC1CCC(O)C[C@H]21. The van der Waals surface area contributed by atoms with Gasteiger partial charge in [-0.05, 0) is 49.9 Å². The molecule has 7 nitrogen and oxygen atoms in total. The number of aliphatic hydroxyl groups is 1. The molecule has 3 atom stereocenters. The lowest BCUT2D eigenvalue weighted by molar-refractivity contribution is 0.111. The van der Waals surface area contributed by atoms with E-state index in [1.807, 2.05) is 31.2 Å². The lowest BCUT2D eigenvalue weighted by Gasteiger charge is -2.37. The zero-order valence-electron chi connectivity index (χ0n) is 17.8. The Morgan fingerprint density at radius 1 is 1.00 bits per heavy atom. The molecule has 160 valence electrons. The van der Waals surface area contributed by atoms with Crippen molar-refractivity contribution in [1.29, 1.82) is 0 Å². The number of fused-ring (bicyclic) bond motifs is 3. The van der Waals surface area contributed by atoms with Crippen LogP contribution in [0.1, 0.15) is 48.8 Å². The Morgan fingerprint density at radius 2 is 1.83 bits per heavy atom. The first-order valence-electron chi connectivity index (χ1n) is 10.3. The zero-order valence-corrected chi connectivity index (χ0v) is 17.8. The summed E-state index contributed by atoms with van der Waals surface area (Å²) in [7, 11) is 4.80. The van der Waals surface area contributed by atoms with E-state index in [0.717, 1.165) is 35.2 Å². The van der Waals surface area contributed by atoms with Gasteiger partial charge in [0, 0.05) is 17.5 Å². The second-order valence-electron chi connectivity index (χ2n) is 7.55. The zero-order chi connectivity index (χ0) is 21.3. The minimum absolute atomic E-state index is 0.0885. The van der Waals surface area contributed by atoms with E-state index >= 15 is 0 Å². The molecule has 1 aliphatic heterocycles. The molecule has 1 aromatic carbocycles. The third kappa shape index (κ3) is 3.58. The molecule has 1 fully saturated rings. The molecular weight excluding hydrogens is 384 g/mol. The quantitative estimate of drug-likeness (QED) is 0.784. The largest absolute Gasteiger partial charge is 0.493 e. The number of aliphatic hydroxyl groups excluding tert-OH is 1. The molecule has 0 radical (unpaired) electrons. The first-order chi connectivity index (χ1) is 14.6. The van der Waals surface area contributed by atoms with Crippen molar-refractivity contribution in [2.24, 2.45) is 4.99 Å². The molecule has 1 N–H and O–H groups in total. The van der Waals surface area contributed by atoms with Crippen LogP contribution in [0.5, 0.6) is 23.3 Å². The highest BCUT2D eigenvalue weighted by Gasteiger charge is 2.38. The van der Waals surface area contributed by atoms with Crippen molar-refractivity contribution in [1.82, 2.24) is 4.98 Å². The third-order valence-corrected chi connectivity index (χ3v) is 5.86. The predicted molar refractivity (Wildman–Crippen MR) is 114 cm³/mol. The second-order valence-corrected chi connectivity index (χ2v) is 7.55. The molecule has 2 aliphatic rings. The van der Waals surface area contributed by atoms with Gasteiger partial charge in [-0.25, -0.2) is 0 Å². The standard InChI is InChI=1S/C23H28N2O5/c1-5-30-20-11-15-16-10-13(26)6-8-18(16)24-22(17(15)12-19(20)27-2)14-7-9-21(28-3)25-23(14)29-4/h7,9,11-13,16,18,26H,5-6,8,10H2,1-4H3/t13?,16-,18?/m1/s1. The summed E-state index contributed by atoms with van der Waals surface area (Å²) in [5, 5.41) is 10.3. The number of rotatable bonds is 6. The van der Waals surface area contributed by atoms with Crippen LogP contribution >= 0.6 is 0 Å². The molecule has 4 rings (SSSR count). The molecule has 0 amide bonds. The van der Waals surface area contributed by atoms with Gasteiger partial charge in [0.05, 0.1) is 51.4 Å². The van der Waals surface area contributed by atoms with Crippen molar-refractivity contribution in [3.8, 4) is 23.3 Å². The van der Waals surface area contributed by atoms with E-state index in [9.17, 15) is 5.11 Å². The number of nitrogens with zero attached hydrogens (tertiary/aromatic N) is 2. The maximum absolute atomic E-state index is 10.3. The van der Waals surface area contributed by atoms with Gasteiger partial charge in [-0.1, -0.05) is 0 Å². The number of methoxy groups -OCH3 is 3. The highest BCUT2D eigenvalue weighted by Crippen LogP contribution is 2.45. The summed E-state index contributed by atoms with van der Waals surface area (Å²) in [5.41, 5.74) is 3.69. The van der Waals surface area contributed by atoms with Crippen molar-refractivity contribution >= 4 is 5.71 Å². The van der Waals surface area contributed by atoms with E-state index < -0.39 is 0 Å². The Bertz CT molecular complexity index is 959. The molecule has 2 aromatic rings. The highest BCUT2D eigenvalue weighted by atomic mass is 16.5. The van der Waals surface area contributed by atoms with Crippen molar-refractivity contribution < 1.29 is 24.1 Å². The van der Waals surface area contributed by atoms with Crippen LogP contribution in [0.15, 0.2) is 29.3 Å². The number of hydrogen-bond acceptors (Lipinski definition) is 7. The van der Waals surface area contributed by atoms with E-state index in [-0.39, 0.29) is 18.1 Å². The first-order valence-corrected chi connectivity index (χ1v) is 10.3. The third-order valence-electron chi connectivity index (χ3n) is 5.86. The van der Waals surface area contributed by atoms with E-state index in [1.165, 1.54) is 0 Å². The molecule has 2 unspecified atom stereocenters. The fourth-order valence-electron chi connectivity index (χ4n) is 4.46. The molecule has 1 aliphatic carbocycles. The smallest absolute Gasteiger partial charge is 0.226 e. The van der Waals surface area contributed by atoms with E-state index in [0.29, 0.717) is 36.3 Å². The molecule has 0 saturated heterocycles. The van der Waals surface area contributed by atoms with E-state index in [2.05, 4.69) is 4.98 Å². The summed E-state index contributed by atoms with van der Waals surface area (Å²) in [4.78, 5) is 9.56. The van der Waals surface area contributed by atoms with Crippen molar-refractivity contribution in [2.75, 3.05) is 27.9 Å². The molecule has 2 heterocycles. The van der Waals surface area contributed by atoms with Gasteiger partial charge in [-0.2, -0.15) is 4.98 Å². The fourth-order valence-corrected chi connectivity index (χ4v) is 4.46. The van der Waals surface area contributed by atoms with Crippen molar-refractivity contribution in [3.63, 3.8) is 0 Å². The van der Waals surface area contributed by atoms with Crippen LogP contribution in [0, 0.1) is 0 Å². The lowest BCUT2D eigenvalue weighted by atomic mass is 9.74. The molecule has 1 saturated carbocycles. The average Bonchev–Trinajstić information content (AvgIpc) is 2.78. The average molecular weight is 412 g/mol. The Hall–Kier alpha value is -2.80. The normalized spacial score (nSPS) is 22.4. The predicted octanol–water partition coefficient (Wildman–Crippen LogP) is 3.35. The summed E-state index contributed by atoms with van der Waals surface area (Å²) >= 11 is 0. The number of aromatic nitrogens is 1. The molecule has 0 bridgehead atoms. The summed E-state index contributed by atoms with van der Waals surface area (Å²) in [6, 6.07) is 7.84. The maximum atomic E-state index is 10.3. The Morgan fingerprint density at radius 3 is 2.53 bits per heavy atom. The number of pyridine rings is 1. The minimum atomic E-state index is -0.314. The molecule has 0 spiro atoms. The Kier molecular flexibility index (Phi) is 5.81. The van der Waals surface area contributed by atoms with Gasteiger partial charge in [-0.3, -0.25) is 4.99 Å². The Balaban J connectivity index is 1.91. The first kappa shape index (κ1) is 20.5. The highest BCUT2D eigenvalue weighted by molar-refractivity contribution is 6.16. The van der Waals surface area contributed by atoms with Crippen molar-refractivity contribution in [3.05, 3.63) is 41.0 Å². The van der Waals surface area contributed by atoms with Crippen LogP contribution in [0.25, 0.3) is 0 Å². The fraction of sp³-hybridized carbons (Fsp3) is 0.478. The van der Waals surface area contributed by atoms with Gasteiger partial charge in [0.2, 0.25) is 11.8 Å². The van der Waals surface area contributed by atoms with Crippen LogP contribution in [0.3, 0.4) is 0 Å². The van der Waals surface area contributed by atoms with Crippen LogP contribution in [0.2, 0.25) is 0 Å². The number of benzene rings is 1. The van der Waals surface area contributed by atoms with Crippen LogP contribution in [0.4, 0.5) is 0 Å². The summed E-state index contributed by atoms with van der Waals surface area (Å²) in [6.07, 6.45) is 1.95. The van der Waals surface area contributed by atoms with Crippen molar-refractivity contribution in [2.45, 2.75) is 44.2 Å². The number of hydrogen-bond donors (Lipinski definition) is 1. The summed E-state index contributed by atoms with van der Waals surface area (Å²) in [6.45, 7) is 2.50. The van der Waals surface area contributed by atoms with E-state index in [1.54, 1.807) is 21.3 Å². The maximum Gasteiger partial charge on any atom is 0.226 e. The van der Waals surface area contributed by atoms with Crippen LogP contribution in [-0.4, -0.2) is 55.9 Å². The Labute approximate surface area is 176 Å². The second kappa shape index (κ2) is 8.52. The van der Waals surface area contributed by atoms with Gasteiger partial charge in [0.25, 0.3) is 0 Å². The number of aliphatic imine (C=N–C) groups is 1. The van der Waals surface area contributed by atoms with E-state index in [4.69, 9.17) is 23.9 Å².